The largest absolute Gasteiger partial charge is 0.482 e. The quantitative estimate of drug-likeness (QED) is 0.0826. The second-order valence-electron chi connectivity index (χ2n) is 16.7. The maximum atomic E-state index is 13.7. The number of likely N-dealkylation sites (tertiary alicyclic amines) is 2. The van der Waals surface area contributed by atoms with Gasteiger partial charge in [0, 0.05) is 25.0 Å². The van der Waals surface area contributed by atoms with Gasteiger partial charge in [-0.1, -0.05) is 72.8 Å². The second-order valence-corrected chi connectivity index (χ2v) is 16.7. The Morgan fingerprint density at radius 3 is 1.94 bits per heavy atom. The van der Waals surface area contributed by atoms with Crippen molar-refractivity contribution in [1.29, 1.82) is 0 Å². The minimum Gasteiger partial charge on any atom is -0.482 e. The maximum absolute atomic E-state index is 13.7. The van der Waals surface area contributed by atoms with Crippen LogP contribution in [0.15, 0.2) is 84.9 Å². The molecule has 3 aromatic rings. The average Bonchev–Trinajstić information content (AvgIpc) is 3.98. The molecular formula is C46H57N7O11. The molecule has 7 amide bonds. The van der Waals surface area contributed by atoms with Gasteiger partial charge >= 0.3 is 11.9 Å². The molecule has 6 N–H and O–H groups in total. The number of nitrogens with one attached hydrogen (secondary N) is 5. The summed E-state index contributed by atoms with van der Waals surface area (Å²) in [5.74, 6) is -5.62. The van der Waals surface area contributed by atoms with Gasteiger partial charge in [0.15, 0.2) is 12.7 Å². The number of ether oxygens (including phenoxy) is 2. The molecule has 2 saturated heterocycles. The van der Waals surface area contributed by atoms with Crippen LogP contribution >= 0.6 is 0 Å². The molecule has 64 heavy (non-hydrogen) atoms. The van der Waals surface area contributed by atoms with Crippen molar-refractivity contribution in [3.05, 3.63) is 96.1 Å². The number of anilines is 1. The van der Waals surface area contributed by atoms with Gasteiger partial charge in [0.25, 0.3) is 11.8 Å². The summed E-state index contributed by atoms with van der Waals surface area (Å²) in [4.78, 5) is 107. The highest BCUT2D eigenvalue weighted by atomic mass is 16.5. The molecular weight excluding hydrogens is 827 g/mol. The first kappa shape index (κ1) is 48.2. The lowest BCUT2D eigenvalue weighted by atomic mass is 9.99. The van der Waals surface area contributed by atoms with Crippen molar-refractivity contribution in [2.45, 2.75) is 95.1 Å². The number of rotatable bonds is 17. The van der Waals surface area contributed by atoms with Gasteiger partial charge in [0.2, 0.25) is 23.6 Å². The number of carbonyl (C=O) groups is 8. The molecule has 2 heterocycles. The predicted octanol–water partition coefficient (Wildman–Crippen LogP) is 1.01. The third kappa shape index (κ3) is 13.6. The summed E-state index contributed by atoms with van der Waals surface area (Å²) >= 11 is 0. The van der Waals surface area contributed by atoms with E-state index in [2.05, 4.69) is 31.3 Å². The van der Waals surface area contributed by atoms with E-state index < -0.39 is 90.4 Å². The molecule has 5 rings (SSSR count). The number of amides is 7. The third-order valence-corrected chi connectivity index (χ3v) is 10.7. The first-order valence-corrected chi connectivity index (χ1v) is 21.2. The van der Waals surface area contributed by atoms with E-state index in [1.54, 1.807) is 66.7 Å². The topological polar surface area (TPSA) is 242 Å². The molecule has 2 aliphatic heterocycles. The SMILES string of the molecule is COC(=O)C(=O)N1CCC[C@H]1C(=O)N[C@H](Cc1ccccc1)C(=O)NCC(=O)Nc1ccccc1OCC(=O)N[C@@H](Cc1ccccc1)[C@H](O)C(=O)N1CCC[C@H]1C(=O)NC(C)(C)C. The van der Waals surface area contributed by atoms with Crippen LogP contribution < -0.4 is 31.3 Å². The number of nitrogens with zero attached hydrogens (tertiary/aromatic N) is 2. The molecule has 3 aromatic carbocycles. The van der Waals surface area contributed by atoms with Crippen LogP contribution in [0.3, 0.4) is 0 Å². The van der Waals surface area contributed by atoms with Crippen molar-refractivity contribution in [3.63, 3.8) is 0 Å². The highest BCUT2D eigenvalue weighted by molar-refractivity contribution is 6.32. The average molecular weight is 884 g/mol. The molecule has 0 aliphatic carbocycles. The molecule has 18 heteroatoms. The monoisotopic (exact) mass is 883 g/mol. The summed E-state index contributed by atoms with van der Waals surface area (Å²) in [6.07, 6.45) is 0.199. The summed E-state index contributed by atoms with van der Waals surface area (Å²) in [6, 6.07) is 20.1. The normalized spacial score (nSPS) is 17.3. The highest BCUT2D eigenvalue weighted by Crippen LogP contribution is 2.25. The van der Waals surface area contributed by atoms with E-state index in [1.165, 1.54) is 17.0 Å². The Labute approximate surface area is 371 Å². The van der Waals surface area contributed by atoms with Crippen LogP contribution in [0.5, 0.6) is 5.75 Å². The van der Waals surface area contributed by atoms with Crippen molar-refractivity contribution >= 4 is 53.0 Å². The lowest BCUT2D eigenvalue weighted by Crippen LogP contribution is -2.57. The molecule has 0 radical (unpaired) electrons. The van der Waals surface area contributed by atoms with E-state index in [1.807, 2.05) is 26.8 Å². The van der Waals surface area contributed by atoms with Crippen LogP contribution in [0.4, 0.5) is 5.69 Å². The van der Waals surface area contributed by atoms with Crippen molar-refractivity contribution in [3.8, 4) is 5.75 Å². The Morgan fingerprint density at radius 2 is 1.31 bits per heavy atom. The number of methoxy groups -OCH3 is 1. The van der Waals surface area contributed by atoms with Crippen LogP contribution in [0.1, 0.15) is 57.6 Å². The zero-order chi connectivity index (χ0) is 46.4. The van der Waals surface area contributed by atoms with Crippen LogP contribution in [0.2, 0.25) is 0 Å². The molecule has 0 unspecified atom stereocenters. The first-order chi connectivity index (χ1) is 30.5. The number of hydrogen-bond donors (Lipinski definition) is 6. The molecule has 18 nitrogen and oxygen atoms in total. The van der Waals surface area contributed by atoms with Gasteiger partial charge in [-0.2, -0.15) is 0 Å². The van der Waals surface area contributed by atoms with Crippen LogP contribution in [0, 0.1) is 0 Å². The lowest BCUT2D eigenvalue weighted by molar-refractivity contribution is -0.159. The Hall–Kier alpha value is -6.82. The van der Waals surface area contributed by atoms with Gasteiger partial charge in [-0.05, 0) is 76.1 Å². The van der Waals surface area contributed by atoms with Gasteiger partial charge in [0.05, 0.1) is 25.4 Å². The molecule has 0 bridgehead atoms. The molecule has 342 valence electrons. The van der Waals surface area contributed by atoms with Crippen LogP contribution in [0.25, 0.3) is 0 Å². The fourth-order valence-corrected chi connectivity index (χ4v) is 7.59. The zero-order valence-electron chi connectivity index (χ0n) is 36.5. The van der Waals surface area contributed by atoms with Gasteiger partial charge in [-0.3, -0.25) is 33.6 Å². The number of aliphatic hydroxyl groups is 1. The number of benzene rings is 3. The van der Waals surface area contributed by atoms with E-state index in [9.17, 15) is 43.5 Å². The summed E-state index contributed by atoms with van der Waals surface area (Å²) < 4.78 is 10.3. The zero-order valence-corrected chi connectivity index (χ0v) is 36.5. The summed E-state index contributed by atoms with van der Waals surface area (Å²) in [7, 11) is 1.07. The fraction of sp³-hybridized carbons (Fsp3) is 0.435. The number of carbonyl (C=O) groups excluding carboxylic acids is 8. The summed E-state index contributed by atoms with van der Waals surface area (Å²) in [5, 5.41) is 25.0. The van der Waals surface area contributed by atoms with Crippen LogP contribution in [-0.4, -0.2) is 131 Å². The van der Waals surface area contributed by atoms with Gasteiger partial charge in [-0.15, -0.1) is 0 Å². The number of hydrogen-bond acceptors (Lipinski definition) is 11. The lowest BCUT2D eigenvalue weighted by Gasteiger charge is -2.32. The van der Waals surface area contributed by atoms with Crippen molar-refractivity contribution in [2.75, 3.05) is 38.7 Å². The predicted molar refractivity (Wildman–Crippen MR) is 233 cm³/mol. The highest BCUT2D eigenvalue weighted by Gasteiger charge is 2.41. The van der Waals surface area contributed by atoms with Gasteiger partial charge in [0.1, 0.15) is 23.9 Å². The van der Waals surface area contributed by atoms with Crippen molar-refractivity contribution < 1.29 is 52.9 Å². The minimum absolute atomic E-state index is 0.0568. The Bertz CT molecular complexity index is 2150. The standard InChI is InChI=1S/C46H57N7O11/c1-46(2,3)51-42(59)35-21-14-23-52(35)43(60)39(56)32(25-29-15-7-5-8-16-29)49-38(55)28-64-36-22-12-11-19-31(36)48-37(54)27-47-40(57)33(26-30-17-9-6-10-18-30)50-41(58)34-20-13-24-53(34)44(61)45(62)63-4/h5-12,15-19,22,32-35,39,56H,13-14,20-21,23-28H2,1-4H3,(H,47,57)(H,48,54)(H,49,55)(H,50,58)(H,51,59)/t32-,33+,34-,35-,39-/m0/s1. The van der Waals surface area contributed by atoms with E-state index in [4.69, 9.17) is 4.74 Å². The molecule has 2 fully saturated rings. The van der Waals surface area contributed by atoms with Crippen LogP contribution in [-0.2, 0) is 55.9 Å². The maximum Gasteiger partial charge on any atom is 0.396 e. The number of para-hydroxylation sites is 2. The molecule has 5 atom stereocenters. The van der Waals surface area contributed by atoms with Crippen molar-refractivity contribution in [2.24, 2.45) is 0 Å². The molecule has 0 spiro atoms. The first-order valence-electron chi connectivity index (χ1n) is 21.2. The molecule has 0 saturated carbocycles. The second kappa shape index (κ2) is 22.5. The summed E-state index contributed by atoms with van der Waals surface area (Å²) in [6.45, 7) is 4.86. The van der Waals surface area contributed by atoms with Gasteiger partial charge in [-0.25, -0.2) is 4.79 Å². The van der Waals surface area contributed by atoms with E-state index in [0.717, 1.165) is 17.6 Å². The van der Waals surface area contributed by atoms with E-state index >= 15 is 0 Å². The number of esters is 1. The third-order valence-electron chi connectivity index (χ3n) is 10.7. The van der Waals surface area contributed by atoms with E-state index in [0.29, 0.717) is 24.8 Å². The van der Waals surface area contributed by atoms with Crippen molar-refractivity contribution in [1.82, 2.24) is 31.1 Å². The Morgan fingerprint density at radius 1 is 0.734 bits per heavy atom. The molecule has 0 aromatic heterocycles. The minimum atomic E-state index is -1.69. The van der Waals surface area contributed by atoms with Gasteiger partial charge < -0.3 is 51.0 Å². The summed E-state index contributed by atoms with van der Waals surface area (Å²) in [5.41, 5.74) is 1.10. The Kier molecular flexibility index (Phi) is 17.0. The fourth-order valence-electron chi connectivity index (χ4n) is 7.59. The molecule has 2 aliphatic rings. The smallest absolute Gasteiger partial charge is 0.396 e. The Balaban J connectivity index is 1.20. The van der Waals surface area contributed by atoms with E-state index in [-0.39, 0.29) is 49.7 Å². The number of aliphatic hydroxyl groups excluding tert-OH is 1.